The molecule has 6 nitrogen and oxygen atoms in total. The molecule has 0 fully saturated rings. The van der Waals surface area contributed by atoms with Crippen molar-refractivity contribution in [3.63, 3.8) is 0 Å². The van der Waals surface area contributed by atoms with Crippen LogP contribution in [0.2, 0.25) is 0 Å². The molecule has 1 amide bonds. The van der Waals surface area contributed by atoms with E-state index in [2.05, 4.69) is 5.32 Å². The largest absolute Gasteiger partial charge is 0.480 e. The number of hydrogen-bond donors (Lipinski definition) is 2. The van der Waals surface area contributed by atoms with Crippen LogP contribution < -0.4 is 5.32 Å². The Bertz CT molecular complexity index is 519. The van der Waals surface area contributed by atoms with Crippen LogP contribution in [0.3, 0.4) is 0 Å². The maximum Gasteiger partial charge on any atom is 0.317 e. The summed E-state index contributed by atoms with van der Waals surface area (Å²) in [6.07, 6.45) is 0.189. The van der Waals surface area contributed by atoms with Crippen LogP contribution in [-0.4, -0.2) is 41.0 Å². The van der Waals surface area contributed by atoms with E-state index in [1.54, 1.807) is 16.3 Å². The van der Waals surface area contributed by atoms with Gasteiger partial charge in [0.05, 0.1) is 12.1 Å². The predicted octanol–water partition coefficient (Wildman–Crippen LogP) is 1.74. The van der Waals surface area contributed by atoms with E-state index in [4.69, 9.17) is 10.4 Å². The zero-order valence-corrected chi connectivity index (χ0v) is 12.2. The quantitative estimate of drug-likeness (QED) is 0.799. The van der Waals surface area contributed by atoms with Crippen molar-refractivity contribution < 1.29 is 14.7 Å². The number of carboxylic acid groups (broad SMARTS) is 1. The van der Waals surface area contributed by atoms with Crippen LogP contribution in [0.4, 0.5) is 5.00 Å². The van der Waals surface area contributed by atoms with E-state index >= 15 is 0 Å². The summed E-state index contributed by atoms with van der Waals surface area (Å²) in [5, 5.41) is 22.6. The SMILES string of the molecule is CC(C)N(CCC(=O)Nc1sccc1C#N)CC(=O)O. The topological polar surface area (TPSA) is 93.4 Å². The molecule has 0 spiro atoms. The molecule has 7 heteroatoms. The van der Waals surface area contributed by atoms with Crippen molar-refractivity contribution in [3.8, 4) is 6.07 Å². The minimum Gasteiger partial charge on any atom is -0.480 e. The Labute approximate surface area is 121 Å². The first kappa shape index (κ1) is 16.1. The number of carbonyl (C=O) groups is 2. The Hall–Kier alpha value is -1.91. The van der Waals surface area contributed by atoms with Crippen LogP contribution in [0.25, 0.3) is 0 Å². The first-order valence-electron chi connectivity index (χ1n) is 6.17. The van der Waals surface area contributed by atoms with Gasteiger partial charge in [-0.2, -0.15) is 5.26 Å². The van der Waals surface area contributed by atoms with Crippen molar-refractivity contribution in [1.82, 2.24) is 4.90 Å². The lowest BCUT2D eigenvalue weighted by atomic mass is 10.2. The van der Waals surface area contributed by atoms with E-state index in [1.165, 1.54) is 11.3 Å². The fourth-order valence-corrected chi connectivity index (χ4v) is 2.38. The number of nitrogens with zero attached hydrogens (tertiary/aromatic N) is 2. The van der Waals surface area contributed by atoms with Gasteiger partial charge in [-0.25, -0.2) is 0 Å². The van der Waals surface area contributed by atoms with Gasteiger partial charge in [0.2, 0.25) is 5.91 Å². The standard InChI is InChI=1S/C13H17N3O3S/c1-9(2)16(8-12(18)19)5-3-11(17)15-13-10(7-14)4-6-20-13/h4,6,9H,3,5,8H2,1-2H3,(H,15,17)(H,18,19). The van der Waals surface area contributed by atoms with Crippen LogP contribution in [0.1, 0.15) is 25.8 Å². The molecule has 0 unspecified atom stereocenters. The second-order valence-corrected chi connectivity index (χ2v) is 5.45. The molecule has 0 radical (unpaired) electrons. The van der Waals surface area contributed by atoms with E-state index in [0.717, 1.165) is 0 Å². The van der Waals surface area contributed by atoms with Crippen molar-refractivity contribution in [1.29, 1.82) is 5.26 Å². The third kappa shape index (κ3) is 4.99. The van der Waals surface area contributed by atoms with E-state index in [9.17, 15) is 9.59 Å². The molecule has 0 saturated carbocycles. The molecule has 0 atom stereocenters. The molecular formula is C13H17N3O3S. The van der Waals surface area contributed by atoms with Gasteiger partial charge in [0.1, 0.15) is 11.1 Å². The van der Waals surface area contributed by atoms with Gasteiger partial charge in [0, 0.05) is 19.0 Å². The van der Waals surface area contributed by atoms with Gasteiger partial charge in [0.15, 0.2) is 0 Å². The number of carboxylic acids is 1. The second kappa shape index (κ2) is 7.62. The number of nitrogens with one attached hydrogen (secondary N) is 1. The summed E-state index contributed by atoms with van der Waals surface area (Å²) < 4.78 is 0. The first-order chi connectivity index (χ1) is 9.43. The van der Waals surface area contributed by atoms with E-state index in [1.807, 2.05) is 19.9 Å². The number of hydrogen-bond acceptors (Lipinski definition) is 5. The highest BCUT2D eigenvalue weighted by molar-refractivity contribution is 7.14. The van der Waals surface area contributed by atoms with Crippen LogP contribution in [0, 0.1) is 11.3 Å². The molecule has 0 bridgehead atoms. The molecule has 1 aromatic rings. The Balaban J connectivity index is 2.50. The fourth-order valence-electron chi connectivity index (χ4n) is 1.62. The second-order valence-electron chi connectivity index (χ2n) is 4.53. The Morgan fingerprint density at radius 2 is 2.25 bits per heavy atom. The zero-order valence-electron chi connectivity index (χ0n) is 11.4. The summed E-state index contributed by atoms with van der Waals surface area (Å²) in [5.74, 6) is -1.14. The van der Waals surface area contributed by atoms with Crippen molar-refractivity contribution in [2.24, 2.45) is 0 Å². The lowest BCUT2D eigenvalue weighted by Crippen LogP contribution is -2.37. The summed E-state index contributed by atoms with van der Waals surface area (Å²) in [4.78, 5) is 24.2. The van der Waals surface area contributed by atoms with Crippen molar-refractivity contribution in [2.45, 2.75) is 26.3 Å². The van der Waals surface area contributed by atoms with Crippen LogP contribution in [0.15, 0.2) is 11.4 Å². The third-order valence-corrected chi connectivity index (χ3v) is 3.56. The summed E-state index contributed by atoms with van der Waals surface area (Å²) in [6, 6.07) is 3.69. The maximum absolute atomic E-state index is 11.8. The summed E-state index contributed by atoms with van der Waals surface area (Å²) >= 11 is 1.29. The molecule has 1 aromatic heterocycles. The van der Waals surface area contributed by atoms with Gasteiger partial charge in [-0.15, -0.1) is 11.3 Å². The highest BCUT2D eigenvalue weighted by atomic mass is 32.1. The van der Waals surface area contributed by atoms with E-state index in [0.29, 0.717) is 17.1 Å². The van der Waals surface area contributed by atoms with Crippen molar-refractivity contribution >= 4 is 28.2 Å². The molecule has 0 aliphatic carbocycles. The minimum absolute atomic E-state index is 0.0512. The van der Waals surface area contributed by atoms with E-state index in [-0.39, 0.29) is 24.9 Å². The van der Waals surface area contributed by atoms with Gasteiger partial charge in [0.25, 0.3) is 0 Å². The highest BCUT2D eigenvalue weighted by Gasteiger charge is 2.15. The molecule has 20 heavy (non-hydrogen) atoms. The molecule has 0 aliphatic rings. The van der Waals surface area contributed by atoms with Gasteiger partial charge >= 0.3 is 5.97 Å². The molecule has 0 aromatic carbocycles. The zero-order chi connectivity index (χ0) is 15.1. The van der Waals surface area contributed by atoms with Crippen molar-refractivity contribution in [2.75, 3.05) is 18.4 Å². The molecule has 108 valence electrons. The first-order valence-corrected chi connectivity index (χ1v) is 7.05. The Morgan fingerprint density at radius 1 is 1.55 bits per heavy atom. The van der Waals surface area contributed by atoms with Gasteiger partial charge < -0.3 is 10.4 Å². The average molecular weight is 295 g/mol. The molecule has 1 heterocycles. The normalized spacial score (nSPS) is 10.6. The molecule has 2 N–H and O–H groups in total. The number of nitriles is 1. The number of amides is 1. The Morgan fingerprint density at radius 3 is 2.80 bits per heavy atom. The molecule has 0 aliphatic heterocycles. The summed E-state index contributed by atoms with van der Waals surface area (Å²) in [7, 11) is 0. The van der Waals surface area contributed by atoms with Crippen molar-refractivity contribution in [3.05, 3.63) is 17.0 Å². The van der Waals surface area contributed by atoms with Gasteiger partial charge in [-0.1, -0.05) is 0 Å². The minimum atomic E-state index is -0.913. The summed E-state index contributed by atoms with van der Waals surface area (Å²) in [6.45, 7) is 4.04. The van der Waals surface area contributed by atoms with Gasteiger partial charge in [-0.05, 0) is 25.3 Å². The number of rotatable bonds is 7. The number of thiophene rings is 1. The summed E-state index contributed by atoms with van der Waals surface area (Å²) in [5.41, 5.74) is 0.439. The molecule has 1 rings (SSSR count). The van der Waals surface area contributed by atoms with Crippen LogP contribution in [0.5, 0.6) is 0 Å². The van der Waals surface area contributed by atoms with Crippen LogP contribution in [-0.2, 0) is 9.59 Å². The number of anilines is 1. The lowest BCUT2D eigenvalue weighted by Gasteiger charge is -2.23. The number of aliphatic carboxylic acids is 1. The maximum atomic E-state index is 11.8. The lowest BCUT2D eigenvalue weighted by molar-refractivity contribution is -0.139. The smallest absolute Gasteiger partial charge is 0.317 e. The third-order valence-electron chi connectivity index (χ3n) is 2.73. The van der Waals surface area contributed by atoms with Crippen LogP contribution >= 0.6 is 11.3 Å². The fraction of sp³-hybridized carbons (Fsp3) is 0.462. The molecule has 0 saturated heterocycles. The number of carbonyl (C=O) groups excluding carboxylic acids is 1. The molecular weight excluding hydrogens is 278 g/mol. The average Bonchev–Trinajstić information content (AvgIpc) is 2.80. The Kier molecular flexibility index (Phi) is 6.15. The monoisotopic (exact) mass is 295 g/mol. The van der Waals surface area contributed by atoms with Gasteiger partial charge in [-0.3, -0.25) is 14.5 Å². The highest BCUT2D eigenvalue weighted by Crippen LogP contribution is 2.22. The predicted molar refractivity (Wildman–Crippen MR) is 76.6 cm³/mol. The van der Waals surface area contributed by atoms with E-state index < -0.39 is 5.97 Å².